The molecule has 0 aliphatic carbocycles. The van der Waals surface area contributed by atoms with Gasteiger partial charge in [0.25, 0.3) is 0 Å². The van der Waals surface area contributed by atoms with E-state index in [0.29, 0.717) is 13.1 Å². The summed E-state index contributed by atoms with van der Waals surface area (Å²) in [5, 5.41) is 8.99. The third-order valence-electron chi connectivity index (χ3n) is 3.32. The largest absolute Gasteiger partial charge is 0.395 e. The van der Waals surface area contributed by atoms with Crippen molar-refractivity contribution in [2.45, 2.75) is 19.9 Å². The molecule has 1 heterocycles. The zero-order chi connectivity index (χ0) is 13.8. The number of aromatic nitrogens is 2. The van der Waals surface area contributed by atoms with Crippen molar-refractivity contribution in [2.75, 3.05) is 19.7 Å². The Morgan fingerprint density at radius 3 is 2.89 bits per heavy atom. The van der Waals surface area contributed by atoms with Crippen LogP contribution in [0.25, 0.3) is 11.0 Å². The van der Waals surface area contributed by atoms with Gasteiger partial charge in [-0.05, 0) is 26.0 Å². The van der Waals surface area contributed by atoms with E-state index in [1.54, 1.807) is 11.2 Å². The molecule has 19 heavy (non-hydrogen) atoms. The maximum Gasteiger partial charge on any atom is 0.245 e. The Balaban J connectivity index is 2.28. The number of amides is 1. The molecule has 0 fully saturated rings. The number of benzene rings is 1. The fourth-order valence-corrected chi connectivity index (χ4v) is 2.21. The molecule has 0 aliphatic heterocycles. The number of nitrogens with zero attached hydrogens (tertiary/aromatic N) is 3. The SMILES string of the molecule is CCN(CCO)C(=O)[C@H](C)n1cnc2ccccc21. The van der Waals surface area contributed by atoms with E-state index in [4.69, 9.17) is 5.11 Å². The van der Waals surface area contributed by atoms with Crippen LogP contribution < -0.4 is 0 Å². The van der Waals surface area contributed by atoms with Gasteiger partial charge in [-0.15, -0.1) is 0 Å². The average Bonchev–Trinajstić information content (AvgIpc) is 2.87. The van der Waals surface area contributed by atoms with Crippen molar-refractivity contribution in [2.24, 2.45) is 0 Å². The Kier molecular flexibility index (Phi) is 4.16. The van der Waals surface area contributed by atoms with Gasteiger partial charge in [0, 0.05) is 13.1 Å². The van der Waals surface area contributed by atoms with Crippen LogP contribution in [0.5, 0.6) is 0 Å². The number of hydrogen-bond donors (Lipinski definition) is 1. The van der Waals surface area contributed by atoms with Crippen molar-refractivity contribution < 1.29 is 9.90 Å². The van der Waals surface area contributed by atoms with Crippen LogP contribution in [0, 0.1) is 0 Å². The molecule has 0 unspecified atom stereocenters. The lowest BCUT2D eigenvalue weighted by Crippen LogP contribution is -2.37. The smallest absolute Gasteiger partial charge is 0.245 e. The van der Waals surface area contributed by atoms with Crippen LogP contribution in [-0.4, -0.2) is 45.2 Å². The summed E-state index contributed by atoms with van der Waals surface area (Å²) in [6.07, 6.45) is 1.69. The molecule has 0 spiro atoms. The molecule has 2 aromatic rings. The lowest BCUT2D eigenvalue weighted by atomic mass is 10.2. The maximum atomic E-state index is 12.4. The van der Waals surface area contributed by atoms with Crippen molar-refractivity contribution in [3.05, 3.63) is 30.6 Å². The lowest BCUT2D eigenvalue weighted by Gasteiger charge is -2.24. The zero-order valence-electron chi connectivity index (χ0n) is 11.3. The van der Waals surface area contributed by atoms with Crippen LogP contribution in [0.2, 0.25) is 0 Å². The summed E-state index contributed by atoms with van der Waals surface area (Å²) < 4.78 is 1.87. The first-order valence-corrected chi connectivity index (χ1v) is 6.50. The Morgan fingerprint density at radius 1 is 1.47 bits per heavy atom. The van der Waals surface area contributed by atoms with E-state index in [9.17, 15) is 4.79 Å². The topological polar surface area (TPSA) is 58.4 Å². The van der Waals surface area contributed by atoms with E-state index in [1.807, 2.05) is 42.7 Å². The van der Waals surface area contributed by atoms with E-state index >= 15 is 0 Å². The molecule has 1 atom stereocenters. The fourth-order valence-electron chi connectivity index (χ4n) is 2.21. The number of fused-ring (bicyclic) bond motifs is 1. The monoisotopic (exact) mass is 261 g/mol. The second-order valence-electron chi connectivity index (χ2n) is 4.46. The molecule has 0 saturated carbocycles. The standard InChI is InChI=1S/C14H19N3O2/c1-3-16(8-9-18)14(19)11(2)17-10-15-12-6-4-5-7-13(12)17/h4-7,10-11,18H,3,8-9H2,1-2H3/t11-/m0/s1. The van der Waals surface area contributed by atoms with Gasteiger partial charge in [0.15, 0.2) is 0 Å². The van der Waals surface area contributed by atoms with Gasteiger partial charge >= 0.3 is 0 Å². The molecule has 0 saturated heterocycles. The minimum Gasteiger partial charge on any atom is -0.395 e. The summed E-state index contributed by atoms with van der Waals surface area (Å²) in [4.78, 5) is 18.3. The Hall–Kier alpha value is -1.88. The lowest BCUT2D eigenvalue weighted by molar-refractivity contribution is -0.134. The highest BCUT2D eigenvalue weighted by atomic mass is 16.3. The van der Waals surface area contributed by atoms with Gasteiger partial charge < -0.3 is 14.6 Å². The van der Waals surface area contributed by atoms with Crippen LogP contribution in [0.1, 0.15) is 19.9 Å². The molecule has 5 heteroatoms. The van der Waals surface area contributed by atoms with E-state index in [2.05, 4.69) is 4.98 Å². The van der Waals surface area contributed by atoms with Crippen LogP contribution in [0.4, 0.5) is 0 Å². The summed E-state index contributed by atoms with van der Waals surface area (Å²) in [6.45, 7) is 4.71. The molecule has 0 aliphatic rings. The second-order valence-corrected chi connectivity index (χ2v) is 4.46. The molecule has 1 aromatic carbocycles. The first-order valence-electron chi connectivity index (χ1n) is 6.50. The number of likely N-dealkylation sites (N-methyl/N-ethyl adjacent to an activating group) is 1. The molecule has 2 rings (SSSR count). The Bertz CT molecular complexity index is 565. The normalized spacial score (nSPS) is 12.6. The van der Waals surface area contributed by atoms with Gasteiger partial charge in [0.05, 0.1) is 24.0 Å². The van der Waals surface area contributed by atoms with Crippen molar-refractivity contribution >= 4 is 16.9 Å². The molecule has 0 bridgehead atoms. The Labute approximate surface area is 112 Å². The highest BCUT2D eigenvalue weighted by Gasteiger charge is 2.21. The minimum atomic E-state index is -0.320. The quantitative estimate of drug-likeness (QED) is 0.886. The van der Waals surface area contributed by atoms with Crippen LogP contribution in [-0.2, 0) is 4.79 Å². The van der Waals surface area contributed by atoms with Crippen LogP contribution >= 0.6 is 0 Å². The van der Waals surface area contributed by atoms with Gasteiger partial charge in [-0.3, -0.25) is 4.79 Å². The summed E-state index contributed by atoms with van der Waals surface area (Å²) in [6, 6.07) is 7.42. The highest BCUT2D eigenvalue weighted by molar-refractivity contribution is 5.83. The minimum absolute atomic E-state index is 0.000275. The molecule has 5 nitrogen and oxygen atoms in total. The molecule has 1 N–H and O–H groups in total. The maximum absolute atomic E-state index is 12.4. The van der Waals surface area contributed by atoms with E-state index < -0.39 is 0 Å². The van der Waals surface area contributed by atoms with Gasteiger partial charge in [0.1, 0.15) is 6.04 Å². The van der Waals surface area contributed by atoms with Gasteiger partial charge in [0.2, 0.25) is 5.91 Å². The first kappa shape index (κ1) is 13.5. The Morgan fingerprint density at radius 2 is 2.21 bits per heavy atom. The number of imidazole rings is 1. The summed E-state index contributed by atoms with van der Waals surface area (Å²) >= 11 is 0. The van der Waals surface area contributed by atoms with Crippen molar-refractivity contribution in [3.63, 3.8) is 0 Å². The molecule has 1 amide bonds. The third-order valence-corrected chi connectivity index (χ3v) is 3.32. The molecular formula is C14H19N3O2. The number of hydrogen-bond acceptors (Lipinski definition) is 3. The fraction of sp³-hybridized carbons (Fsp3) is 0.429. The highest BCUT2D eigenvalue weighted by Crippen LogP contribution is 2.18. The van der Waals surface area contributed by atoms with Gasteiger partial charge in [-0.2, -0.15) is 0 Å². The van der Waals surface area contributed by atoms with E-state index in [0.717, 1.165) is 11.0 Å². The van der Waals surface area contributed by atoms with Crippen LogP contribution in [0.3, 0.4) is 0 Å². The molecule has 1 aromatic heterocycles. The van der Waals surface area contributed by atoms with E-state index in [1.165, 1.54) is 0 Å². The van der Waals surface area contributed by atoms with Crippen molar-refractivity contribution in [1.82, 2.24) is 14.5 Å². The van der Waals surface area contributed by atoms with Crippen LogP contribution in [0.15, 0.2) is 30.6 Å². The number of aliphatic hydroxyl groups excluding tert-OH is 1. The van der Waals surface area contributed by atoms with Crippen molar-refractivity contribution in [3.8, 4) is 0 Å². The number of rotatable bonds is 5. The number of aliphatic hydroxyl groups is 1. The summed E-state index contributed by atoms with van der Waals surface area (Å²) in [5.41, 5.74) is 1.83. The number of carbonyl (C=O) groups excluding carboxylic acids is 1. The number of carbonyl (C=O) groups is 1. The van der Waals surface area contributed by atoms with Gasteiger partial charge in [-0.25, -0.2) is 4.98 Å². The summed E-state index contributed by atoms with van der Waals surface area (Å²) in [7, 11) is 0. The molecular weight excluding hydrogens is 242 g/mol. The van der Waals surface area contributed by atoms with Gasteiger partial charge in [-0.1, -0.05) is 12.1 Å². The summed E-state index contributed by atoms with van der Waals surface area (Å²) in [5.74, 6) is -0.000275. The number of para-hydroxylation sites is 2. The predicted molar refractivity (Wildman–Crippen MR) is 73.8 cm³/mol. The second kappa shape index (κ2) is 5.84. The van der Waals surface area contributed by atoms with E-state index in [-0.39, 0.29) is 18.6 Å². The zero-order valence-corrected chi connectivity index (χ0v) is 11.3. The predicted octanol–water partition coefficient (Wildman–Crippen LogP) is 1.44. The average molecular weight is 261 g/mol. The molecule has 0 radical (unpaired) electrons. The van der Waals surface area contributed by atoms with Crippen molar-refractivity contribution in [1.29, 1.82) is 0 Å². The third kappa shape index (κ3) is 2.61. The first-order chi connectivity index (χ1) is 9.19. The molecule has 102 valence electrons.